The molecule has 160 valence electrons. The summed E-state index contributed by atoms with van der Waals surface area (Å²) in [6.45, 7) is 7.95. The van der Waals surface area contributed by atoms with E-state index < -0.39 is 0 Å². The Hall–Kier alpha value is -2.77. The molecule has 4 N–H and O–H groups in total. The van der Waals surface area contributed by atoms with Gasteiger partial charge in [-0.1, -0.05) is 57.5 Å². The lowest BCUT2D eigenvalue weighted by atomic mass is 10.1. The number of aromatic amines is 1. The van der Waals surface area contributed by atoms with E-state index in [2.05, 4.69) is 71.7 Å². The van der Waals surface area contributed by atoms with Crippen molar-refractivity contribution in [2.45, 2.75) is 46.2 Å². The molecule has 2 aromatic carbocycles. The van der Waals surface area contributed by atoms with Crippen molar-refractivity contribution >= 4 is 45.6 Å². The lowest BCUT2D eigenvalue weighted by Crippen LogP contribution is -2.22. The van der Waals surface area contributed by atoms with Gasteiger partial charge in [-0.2, -0.15) is 0 Å². The Morgan fingerprint density at radius 1 is 1.23 bits per heavy atom. The second kappa shape index (κ2) is 12.0. The fraction of sp³-hybridized carbons (Fsp3) is 0.348. The van der Waals surface area contributed by atoms with Gasteiger partial charge in [0.15, 0.2) is 5.11 Å². The van der Waals surface area contributed by atoms with Crippen LogP contribution in [0.1, 0.15) is 39.2 Å². The van der Waals surface area contributed by atoms with Crippen LogP contribution < -0.4 is 16.0 Å². The van der Waals surface area contributed by atoms with E-state index in [0.717, 1.165) is 36.8 Å². The molecule has 0 bridgehead atoms. The van der Waals surface area contributed by atoms with Crippen LogP contribution in [0.5, 0.6) is 0 Å². The highest BCUT2D eigenvalue weighted by molar-refractivity contribution is 7.80. The molecule has 0 aliphatic rings. The van der Waals surface area contributed by atoms with Crippen LogP contribution in [-0.4, -0.2) is 34.3 Å². The minimum atomic E-state index is -0.250. The van der Waals surface area contributed by atoms with E-state index >= 15 is 0 Å². The summed E-state index contributed by atoms with van der Waals surface area (Å²) in [4.78, 5) is 16.5. The molecule has 7 heteroatoms. The van der Waals surface area contributed by atoms with Gasteiger partial charge in [0.1, 0.15) is 0 Å². The molecule has 6 nitrogen and oxygen atoms in total. The molecule has 0 saturated carbocycles. The van der Waals surface area contributed by atoms with E-state index in [0.29, 0.717) is 11.2 Å². The van der Waals surface area contributed by atoms with Gasteiger partial charge in [-0.25, -0.2) is 4.99 Å². The molecule has 0 aliphatic heterocycles. The van der Waals surface area contributed by atoms with Crippen molar-refractivity contribution in [1.29, 1.82) is 0 Å². The van der Waals surface area contributed by atoms with E-state index in [9.17, 15) is 0 Å². The minimum absolute atomic E-state index is 0.250. The summed E-state index contributed by atoms with van der Waals surface area (Å²) in [5, 5.41) is 17.4. The van der Waals surface area contributed by atoms with Gasteiger partial charge < -0.3 is 20.7 Å². The van der Waals surface area contributed by atoms with Gasteiger partial charge in [-0.15, -0.1) is 0 Å². The van der Waals surface area contributed by atoms with E-state index in [1.807, 2.05) is 12.1 Å². The first-order valence-electron chi connectivity index (χ1n) is 10.2. The topological polar surface area (TPSA) is 89.5 Å². The van der Waals surface area contributed by atoms with E-state index in [1.165, 1.54) is 21.9 Å². The van der Waals surface area contributed by atoms with Gasteiger partial charge in [-0.05, 0) is 36.3 Å². The maximum Gasteiger partial charge on any atom is 0.290 e. The Morgan fingerprint density at radius 3 is 2.63 bits per heavy atom. The zero-order chi connectivity index (χ0) is 21.9. The van der Waals surface area contributed by atoms with Crippen LogP contribution in [0.4, 0.5) is 0 Å². The zero-order valence-electron chi connectivity index (χ0n) is 17.7. The van der Waals surface area contributed by atoms with Crippen molar-refractivity contribution < 1.29 is 9.90 Å². The lowest BCUT2D eigenvalue weighted by Gasteiger charge is -2.08. The number of carboxylic acid groups (broad SMARTS) is 1. The third kappa shape index (κ3) is 6.64. The average molecular weight is 427 g/mol. The number of H-pyrrole nitrogens is 1. The number of thiocarbonyl (C=S) groups is 1. The average Bonchev–Trinajstić information content (AvgIpc) is 2.92. The number of hydrogen-bond acceptors (Lipinski definition) is 3. The van der Waals surface area contributed by atoms with Gasteiger partial charge in [0.2, 0.25) is 0 Å². The van der Waals surface area contributed by atoms with Crippen LogP contribution >= 0.6 is 12.2 Å². The molecular formula is C23H30N4O2S. The monoisotopic (exact) mass is 426 g/mol. The highest BCUT2D eigenvalue weighted by Crippen LogP contribution is 2.26. The first-order chi connectivity index (χ1) is 14.5. The molecule has 0 fully saturated rings. The van der Waals surface area contributed by atoms with Crippen molar-refractivity contribution in [3.8, 4) is 0 Å². The third-order valence-corrected chi connectivity index (χ3v) is 4.79. The van der Waals surface area contributed by atoms with E-state index in [4.69, 9.17) is 22.1 Å². The number of nitrogens with zero attached hydrogens (tertiary/aromatic N) is 1. The summed E-state index contributed by atoms with van der Waals surface area (Å²) in [5.41, 5.74) is 3.53. The van der Waals surface area contributed by atoms with Gasteiger partial charge in [0.05, 0.1) is 10.9 Å². The Labute approximate surface area is 182 Å². The Kier molecular flexibility index (Phi) is 9.44. The summed E-state index contributed by atoms with van der Waals surface area (Å²) in [5.74, 6) is 0. The van der Waals surface area contributed by atoms with Crippen molar-refractivity contribution in [3.05, 3.63) is 53.4 Å². The van der Waals surface area contributed by atoms with Crippen molar-refractivity contribution in [3.63, 3.8) is 0 Å². The number of fused-ring (bicyclic) bond motifs is 3. The number of para-hydroxylation sites is 1. The predicted octanol–water partition coefficient (Wildman–Crippen LogP) is 4.10. The maximum atomic E-state index is 8.36. The predicted molar refractivity (Wildman–Crippen MR) is 128 cm³/mol. The molecule has 0 amide bonds. The number of benzene rings is 1. The van der Waals surface area contributed by atoms with Gasteiger partial charge in [-0.3, -0.25) is 4.79 Å². The van der Waals surface area contributed by atoms with Crippen molar-refractivity contribution in [2.24, 2.45) is 4.99 Å². The number of hydrogen-bond donors (Lipinski definition) is 4. The quantitative estimate of drug-likeness (QED) is 0.271. The normalized spacial score (nSPS) is 11.4. The molecule has 30 heavy (non-hydrogen) atoms. The van der Waals surface area contributed by atoms with Crippen molar-refractivity contribution in [2.75, 3.05) is 6.54 Å². The lowest BCUT2D eigenvalue weighted by molar-refractivity contribution is -0.122. The highest BCUT2D eigenvalue weighted by atomic mass is 32.1. The highest BCUT2D eigenvalue weighted by Gasteiger charge is 2.07. The minimum Gasteiger partial charge on any atom is -0.483 e. The first kappa shape index (κ1) is 23.5. The number of aromatic nitrogens is 1. The Balaban J connectivity index is 0.00000101. The summed E-state index contributed by atoms with van der Waals surface area (Å²) in [7, 11) is 0. The molecule has 0 aliphatic carbocycles. The number of carbonyl (C=O) groups is 1. The smallest absolute Gasteiger partial charge is 0.290 e. The summed E-state index contributed by atoms with van der Waals surface area (Å²) >= 11 is 5.35. The molecule has 0 spiro atoms. The zero-order valence-corrected chi connectivity index (χ0v) is 18.6. The Bertz CT molecular complexity index is 1060. The largest absolute Gasteiger partial charge is 0.483 e. The molecule has 0 atom stereocenters. The van der Waals surface area contributed by atoms with Crippen LogP contribution in [-0.2, 0) is 11.3 Å². The standard InChI is InChI=1S/C22H28N4S.CH2O2/c1-4-5-12-23-22(27)25-17-9-7-10-18-19-11-6-8-16(14-24-15(2)3)21(19)26-20(18)13-17;2-1-3/h6-11,13,15,24,26H,4-5,12,14H2,1-3H3,(H,23,27);1H,(H,2,3). The molecule has 0 radical (unpaired) electrons. The summed E-state index contributed by atoms with van der Waals surface area (Å²) in [6, 6.07) is 15.2. The van der Waals surface area contributed by atoms with Crippen LogP contribution in [0.15, 0.2) is 47.5 Å². The summed E-state index contributed by atoms with van der Waals surface area (Å²) in [6.07, 6.45) is 2.23. The second-order valence-electron chi connectivity index (χ2n) is 7.23. The molecule has 3 rings (SSSR count). The number of nitrogens with one attached hydrogen (secondary N) is 3. The number of rotatable bonds is 6. The Morgan fingerprint density at radius 2 is 1.93 bits per heavy atom. The molecule has 3 aromatic rings. The van der Waals surface area contributed by atoms with Crippen molar-refractivity contribution in [1.82, 2.24) is 15.6 Å². The molecular weight excluding hydrogens is 396 g/mol. The van der Waals surface area contributed by atoms with Crippen LogP contribution in [0.25, 0.3) is 21.8 Å². The van der Waals surface area contributed by atoms with Crippen LogP contribution in [0.2, 0.25) is 0 Å². The SMILES string of the molecule is CCCCNC(=S)N=c1cccc2c(c1)[nH]c1c(CNC(C)C)cccc12.O=CO. The van der Waals surface area contributed by atoms with E-state index in [1.54, 1.807) is 0 Å². The second-order valence-corrected chi connectivity index (χ2v) is 7.61. The van der Waals surface area contributed by atoms with Gasteiger partial charge >= 0.3 is 0 Å². The first-order valence-corrected chi connectivity index (χ1v) is 10.6. The summed E-state index contributed by atoms with van der Waals surface area (Å²) < 4.78 is 0. The van der Waals surface area contributed by atoms with Crippen LogP contribution in [0, 0.1) is 0 Å². The number of unbranched alkanes of at least 4 members (excludes halogenated alkanes) is 1. The molecule has 1 aromatic heterocycles. The third-order valence-electron chi connectivity index (χ3n) is 4.55. The van der Waals surface area contributed by atoms with Gasteiger partial charge in [0.25, 0.3) is 6.47 Å². The fourth-order valence-electron chi connectivity index (χ4n) is 3.11. The molecule has 1 heterocycles. The van der Waals surface area contributed by atoms with E-state index in [-0.39, 0.29) is 6.47 Å². The van der Waals surface area contributed by atoms with Gasteiger partial charge in [0, 0.05) is 35.4 Å². The molecule has 0 saturated heterocycles. The fourth-order valence-corrected chi connectivity index (χ4v) is 3.32. The molecule has 0 unspecified atom stereocenters. The van der Waals surface area contributed by atoms with Crippen LogP contribution in [0.3, 0.4) is 0 Å². The maximum absolute atomic E-state index is 8.36.